The summed E-state index contributed by atoms with van der Waals surface area (Å²) in [6.07, 6.45) is 0. The maximum Gasteiger partial charge on any atom is 0.259 e. The van der Waals surface area contributed by atoms with Crippen molar-refractivity contribution in [2.75, 3.05) is 18.7 Å². The van der Waals surface area contributed by atoms with E-state index in [0.717, 1.165) is 23.7 Å². The third-order valence-corrected chi connectivity index (χ3v) is 5.44. The monoisotopic (exact) mass is 390 g/mol. The first-order valence-electron chi connectivity index (χ1n) is 9.74. The number of para-hydroxylation sites is 2. The van der Waals surface area contributed by atoms with E-state index in [9.17, 15) is 4.79 Å². The maximum atomic E-state index is 13.0. The molecule has 1 aliphatic heterocycles. The van der Waals surface area contributed by atoms with Crippen LogP contribution in [0, 0.1) is 20.8 Å². The second kappa shape index (κ2) is 7.72. The summed E-state index contributed by atoms with van der Waals surface area (Å²) in [6.45, 7) is 7.66. The largest absolute Gasteiger partial charge is 0.495 e. The minimum absolute atomic E-state index is 0.000930. The zero-order valence-corrected chi connectivity index (χ0v) is 17.3. The highest BCUT2D eigenvalue weighted by Gasteiger charge is 2.28. The number of fused-ring (bicyclic) bond motifs is 1. The lowest BCUT2D eigenvalue weighted by atomic mass is 10.1. The lowest BCUT2D eigenvalue weighted by molar-refractivity contribution is 0.189. The highest BCUT2D eigenvalue weighted by molar-refractivity contribution is 5.66. The van der Waals surface area contributed by atoms with Crippen molar-refractivity contribution in [3.63, 3.8) is 0 Å². The molecule has 150 valence electrons. The van der Waals surface area contributed by atoms with Crippen LogP contribution in [0.4, 0.5) is 11.6 Å². The highest BCUT2D eigenvalue weighted by Crippen LogP contribution is 2.34. The third-order valence-electron chi connectivity index (χ3n) is 5.44. The van der Waals surface area contributed by atoms with Gasteiger partial charge in [-0.2, -0.15) is 0 Å². The fraction of sp³-hybridized carbons (Fsp3) is 0.304. The Labute approximate surface area is 171 Å². The molecule has 0 radical (unpaired) electrons. The van der Waals surface area contributed by atoms with E-state index in [2.05, 4.69) is 41.0 Å². The molecule has 0 bridgehead atoms. The number of rotatable bonds is 4. The van der Waals surface area contributed by atoms with Gasteiger partial charge in [-0.15, -0.1) is 0 Å². The minimum atomic E-state index is 0.000930. The first-order valence-corrected chi connectivity index (χ1v) is 9.74. The molecule has 2 heterocycles. The zero-order chi connectivity index (χ0) is 20.5. The zero-order valence-electron chi connectivity index (χ0n) is 17.3. The molecule has 0 fully saturated rings. The molecule has 6 heteroatoms. The van der Waals surface area contributed by atoms with Crippen LogP contribution in [0.15, 0.2) is 53.3 Å². The van der Waals surface area contributed by atoms with Gasteiger partial charge in [-0.05, 0) is 38.5 Å². The van der Waals surface area contributed by atoms with Gasteiger partial charge in [0.05, 0.1) is 26.1 Å². The van der Waals surface area contributed by atoms with Crippen LogP contribution in [-0.2, 0) is 13.2 Å². The first kappa shape index (κ1) is 19.2. The molecule has 0 aliphatic carbocycles. The van der Waals surface area contributed by atoms with E-state index in [0.29, 0.717) is 24.8 Å². The third kappa shape index (κ3) is 3.63. The van der Waals surface area contributed by atoms with Crippen molar-refractivity contribution in [3.8, 4) is 5.75 Å². The summed E-state index contributed by atoms with van der Waals surface area (Å²) in [7, 11) is 1.66. The predicted molar refractivity (Wildman–Crippen MR) is 115 cm³/mol. The lowest BCUT2D eigenvalue weighted by Crippen LogP contribution is -2.47. The molecule has 0 unspecified atom stereocenters. The summed E-state index contributed by atoms with van der Waals surface area (Å²) in [5.74, 6) is 1.41. The van der Waals surface area contributed by atoms with Gasteiger partial charge >= 0.3 is 0 Å². The molecular formula is C23H26N4O2. The summed E-state index contributed by atoms with van der Waals surface area (Å²) in [5, 5.41) is 0. The van der Waals surface area contributed by atoms with Crippen molar-refractivity contribution < 1.29 is 4.74 Å². The van der Waals surface area contributed by atoms with Gasteiger partial charge in [0.1, 0.15) is 5.75 Å². The standard InChI is InChI=1S/C23H26N4O2/c1-16-9-11-19(12-10-16)13-25-14-26(20-7-5-6-8-21(20)29-4)23-24-18(3)17(2)22(28)27(23)15-25/h5-12H,13-15H2,1-4H3. The minimum Gasteiger partial charge on any atom is -0.495 e. The van der Waals surface area contributed by atoms with Crippen LogP contribution in [0.2, 0.25) is 0 Å². The molecule has 0 atom stereocenters. The number of nitrogens with zero attached hydrogens (tertiary/aromatic N) is 4. The Hall–Kier alpha value is -3.12. The molecule has 0 spiro atoms. The Kier molecular flexibility index (Phi) is 5.11. The van der Waals surface area contributed by atoms with Crippen molar-refractivity contribution in [1.82, 2.24) is 14.5 Å². The first-order chi connectivity index (χ1) is 14.0. The summed E-state index contributed by atoms with van der Waals surface area (Å²) in [6, 6.07) is 16.4. The Morgan fingerprint density at radius 3 is 2.45 bits per heavy atom. The molecule has 1 aliphatic rings. The topological polar surface area (TPSA) is 50.6 Å². The van der Waals surface area contributed by atoms with E-state index < -0.39 is 0 Å². The van der Waals surface area contributed by atoms with Crippen LogP contribution in [0.1, 0.15) is 22.4 Å². The maximum absolute atomic E-state index is 13.0. The van der Waals surface area contributed by atoms with Gasteiger partial charge in [-0.1, -0.05) is 42.0 Å². The molecule has 4 rings (SSSR count). The summed E-state index contributed by atoms with van der Waals surface area (Å²) in [5.41, 5.74) is 4.79. The Bertz CT molecular complexity index is 1090. The van der Waals surface area contributed by atoms with Crippen molar-refractivity contribution in [1.29, 1.82) is 0 Å². The van der Waals surface area contributed by atoms with Gasteiger partial charge in [-0.25, -0.2) is 4.98 Å². The smallest absolute Gasteiger partial charge is 0.259 e. The van der Waals surface area contributed by atoms with Crippen LogP contribution < -0.4 is 15.2 Å². The highest BCUT2D eigenvalue weighted by atomic mass is 16.5. The van der Waals surface area contributed by atoms with Gasteiger partial charge in [0.2, 0.25) is 5.95 Å². The van der Waals surface area contributed by atoms with Crippen LogP contribution >= 0.6 is 0 Å². The number of methoxy groups -OCH3 is 1. The summed E-state index contributed by atoms with van der Waals surface area (Å²) < 4.78 is 7.35. The van der Waals surface area contributed by atoms with E-state index in [1.54, 1.807) is 11.7 Å². The van der Waals surface area contributed by atoms with Gasteiger partial charge in [0.25, 0.3) is 5.56 Å². The molecule has 3 aromatic rings. The molecule has 0 saturated carbocycles. The number of aryl methyl sites for hydroxylation is 2. The number of anilines is 2. The van der Waals surface area contributed by atoms with E-state index >= 15 is 0 Å². The van der Waals surface area contributed by atoms with Gasteiger partial charge in [0, 0.05) is 17.8 Å². The van der Waals surface area contributed by atoms with Crippen LogP contribution in [0.25, 0.3) is 0 Å². The van der Waals surface area contributed by atoms with E-state index in [-0.39, 0.29) is 5.56 Å². The van der Waals surface area contributed by atoms with Crippen molar-refractivity contribution in [2.24, 2.45) is 0 Å². The van der Waals surface area contributed by atoms with Crippen LogP contribution in [0.5, 0.6) is 5.75 Å². The van der Waals surface area contributed by atoms with Crippen molar-refractivity contribution >= 4 is 11.6 Å². The number of benzene rings is 2. The molecule has 0 amide bonds. The summed E-state index contributed by atoms with van der Waals surface area (Å²) in [4.78, 5) is 22.1. The molecule has 29 heavy (non-hydrogen) atoms. The summed E-state index contributed by atoms with van der Waals surface area (Å²) >= 11 is 0. The lowest BCUT2D eigenvalue weighted by Gasteiger charge is -2.38. The molecule has 2 aromatic carbocycles. The van der Waals surface area contributed by atoms with Gasteiger partial charge in [0.15, 0.2) is 0 Å². The number of ether oxygens (including phenoxy) is 1. The van der Waals surface area contributed by atoms with E-state index in [1.807, 2.05) is 38.1 Å². The number of aromatic nitrogens is 2. The van der Waals surface area contributed by atoms with Gasteiger partial charge < -0.3 is 4.74 Å². The number of hydrogen-bond acceptors (Lipinski definition) is 5. The number of hydrogen-bond donors (Lipinski definition) is 0. The average Bonchev–Trinajstić information content (AvgIpc) is 2.74. The van der Waals surface area contributed by atoms with Crippen molar-refractivity contribution in [3.05, 3.63) is 81.3 Å². The fourth-order valence-corrected chi connectivity index (χ4v) is 3.67. The van der Waals surface area contributed by atoms with Gasteiger partial charge in [-0.3, -0.25) is 19.2 Å². The Morgan fingerprint density at radius 2 is 1.72 bits per heavy atom. The molecule has 1 aromatic heterocycles. The quantitative estimate of drug-likeness (QED) is 0.679. The molecule has 0 saturated heterocycles. The second-order valence-electron chi connectivity index (χ2n) is 7.55. The van der Waals surface area contributed by atoms with Crippen LogP contribution in [0.3, 0.4) is 0 Å². The van der Waals surface area contributed by atoms with Crippen molar-refractivity contribution in [2.45, 2.75) is 34.0 Å². The SMILES string of the molecule is COc1ccccc1N1CN(Cc2ccc(C)cc2)Cn2c1nc(C)c(C)c2=O. The Morgan fingerprint density at radius 1 is 1.00 bits per heavy atom. The van der Waals surface area contributed by atoms with E-state index in [1.165, 1.54) is 11.1 Å². The average molecular weight is 390 g/mol. The Balaban J connectivity index is 1.79. The second-order valence-corrected chi connectivity index (χ2v) is 7.55. The van der Waals surface area contributed by atoms with Crippen LogP contribution in [-0.4, -0.2) is 28.2 Å². The molecular weight excluding hydrogens is 364 g/mol. The normalized spacial score (nSPS) is 14.0. The fourth-order valence-electron chi connectivity index (χ4n) is 3.67. The van der Waals surface area contributed by atoms with E-state index in [4.69, 9.17) is 9.72 Å². The molecule has 0 N–H and O–H groups in total. The predicted octanol–water partition coefficient (Wildman–Crippen LogP) is 3.75. The molecule has 6 nitrogen and oxygen atoms in total.